The van der Waals surface area contributed by atoms with Crippen LogP contribution in [0, 0.1) is 0 Å². The summed E-state index contributed by atoms with van der Waals surface area (Å²) >= 11 is 7.78. The minimum Gasteiger partial charge on any atom is -0.321 e. The average molecular weight is 353 g/mol. The van der Waals surface area contributed by atoms with E-state index in [0.29, 0.717) is 17.4 Å². The highest BCUT2D eigenvalue weighted by Crippen LogP contribution is 2.16. The molecular formula is C16H21ClN4OS+2. The summed E-state index contributed by atoms with van der Waals surface area (Å²) < 4.78 is 0. The van der Waals surface area contributed by atoms with Crippen LogP contribution in [0.4, 0.5) is 5.69 Å². The van der Waals surface area contributed by atoms with E-state index < -0.39 is 0 Å². The highest BCUT2D eigenvalue weighted by molar-refractivity contribution is 7.09. The molecule has 7 heteroatoms. The average Bonchev–Trinajstić information content (AvgIpc) is 3.04. The lowest BCUT2D eigenvalue weighted by Crippen LogP contribution is -3.28. The Morgan fingerprint density at radius 3 is 2.70 bits per heavy atom. The number of hydrogen-bond acceptors (Lipinski definition) is 3. The number of hydrogen-bond donors (Lipinski definition) is 3. The van der Waals surface area contributed by atoms with Gasteiger partial charge in [-0.3, -0.25) is 4.79 Å². The maximum atomic E-state index is 12.1. The van der Waals surface area contributed by atoms with Crippen LogP contribution in [0.5, 0.6) is 0 Å². The zero-order valence-corrected chi connectivity index (χ0v) is 14.4. The van der Waals surface area contributed by atoms with Crippen LogP contribution in [0.25, 0.3) is 0 Å². The molecule has 0 radical (unpaired) electrons. The Hall–Kier alpha value is -1.47. The second-order valence-corrected chi connectivity index (χ2v) is 7.21. The normalized spacial score (nSPS) is 21.1. The molecule has 0 saturated carbocycles. The van der Waals surface area contributed by atoms with E-state index in [1.165, 1.54) is 9.78 Å². The molecule has 3 rings (SSSR count). The summed E-state index contributed by atoms with van der Waals surface area (Å²) in [7, 11) is 0. The molecule has 0 aliphatic carbocycles. The number of pyridine rings is 1. The summed E-state index contributed by atoms with van der Waals surface area (Å²) in [6.07, 6.45) is 1.61. The van der Waals surface area contributed by atoms with Gasteiger partial charge in [-0.2, -0.15) is 0 Å². The number of carbonyl (C=O) groups is 1. The molecule has 0 spiro atoms. The number of nitrogens with one attached hydrogen (secondary N) is 3. The van der Waals surface area contributed by atoms with Crippen molar-refractivity contribution in [3.63, 3.8) is 0 Å². The summed E-state index contributed by atoms with van der Waals surface area (Å²) in [5.74, 6) is -0.00314. The quantitative estimate of drug-likeness (QED) is 0.648. The van der Waals surface area contributed by atoms with Crippen molar-refractivity contribution in [2.45, 2.75) is 6.54 Å². The molecule has 1 aliphatic rings. The van der Waals surface area contributed by atoms with Gasteiger partial charge in [0.15, 0.2) is 11.7 Å². The van der Waals surface area contributed by atoms with Gasteiger partial charge in [-0.15, -0.1) is 11.3 Å². The zero-order valence-electron chi connectivity index (χ0n) is 12.8. The monoisotopic (exact) mass is 352 g/mol. The van der Waals surface area contributed by atoms with Gasteiger partial charge in [0.05, 0.1) is 10.6 Å². The molecule has 1 fully saturated rings. The number of rotatable bonds is 5. The van der Waals surface area contributed by atoms with Crippen LogP contribution in [0.15, 0.2) is 35.8 Å². The number of thiophene rings is 1. The molecule has 1 amide bonds. The third-order valence-corrected chi connectivity index (χ3v) is 5.29. The molecule has 2 aromatic heterocycles. The van der Waals surface area contributed by atoms with Gasteiger partial charge >= 0.3 is 0 Å². The fraction of sp³-hybridized carbons (Fsp3) is 0.375. The Morgan fingerprint density at radius 1 is 1.22 bits per heavy atom. The summed E-state index contributed by atoms with van der Waals surface area (Å²) in [5, 5.41) is 5.31. The van der Waals surface area contributed by atoms with Crippen LogP contribution in [0.1, 0.15) is 4.88 Å². The number of amides is 1. The van der Waals surface area contributed by atoms with Gasteiger partial charge in [-0.05, 0) is 23.6 Å². The summed E-state index contributed by atoms with van der Waals surface area (Å²) in [4.78, 5) is 20.5. The molecule has 23 heavy (non-hydrogen) atoms. The Kier molecular flexibility index (Phi) is 5.61. The highest BCUT2D eigenvalue weighted by atomic mass is 35.5. The Labute approximate surface area is 144 Å². The lowest BCUT2D eigenvalue weighted by molar-refractivity contribution is -1.01. The lowest BCUT2D eigenvalue weighted by Gasteiger charge is -2.29. The van der Waals surface area contributed by atoms with Crippen molar-refractivity contribution in [2.24, 2.45) is 0 Å². The molecule has 122 valence electrons. The number of piperazine rings is 1. The fourth-order valence-corrected chi connectivity index (χ4v) is 3.81. The van der Waals surface area contributed by atoms with Crippen molar-refractivity contribution in [3.05, 3.63) is 45.9 Å². The fourth-order valence-electron chi connectivity index (χ4n) is 2.87. The van der Waals surface area contributed by atoms with E-state index in [0.717, 1.165) is 32.7 Å². The van der Waals surface area contributed by atoms with Crippen molar-refractivity contribution in [1.29, 1.82) is 0 Å². The second kappa shape index (κ2) is 7.88. The predicted molar refractivity (Wildman–Crippen MR) is 92.2 cm³/mol. The molecular weight excluding hydrogens is 332 g/mol. The van der Waals surface area contributed by atoms with Gasteiger partial charge in [0.2, 0.25) is 0 Å². The molecule has 5 nitrogen and oxygen atoms in total. The van der Waals surface area contributed by atoms with Gasteiger partial charge in [0, 0.05) is 6.20 Å². The SMILES string of the molecule is O=C(C[NH+]1CC[NH+](Cc2cccs2)CC1)Nc1cccnc1Cl. The molecule has 1 saturated heterocycles. The molecule has 3 N–H and O–H groups in total. The molecule has 2 aromatic rings. The Morgan fingerprint density at radius 2 is 2.00 bits per heavy atom. The maximum absolute atomic E-state index is 12.1. The minimum atomic E-state index is -0.00314. The van der Waals surface area contributed by atoms with E-state index in [1.54, 1.807) is 23.2 Å². The van der Waals surface area contributed by atoms with Crippen LogP contribution in [0.2, 0.25) is 5.15 Å². The van der Waals surface area contributed by atoms with Crippen molar-refractivity contribution in [3.8, 4) is 0 Å². The summed E-state index contributed by atoms with van der Waals surface area (Å²) in [6, 6.07) is 7.84. The van der Waals surface area contributed by atoms with Crippen LogP contribution in [-0.2, 0) is 11.3 Å². The second-order valence-electron chi connectivity index (χ2n) is 5.82. The van der Waals surface area contributed by atoms with E-state index in [4.69, 9.17) is 11.6 Å². The van der Waals surface area contributed by atoms with Crippen LogP contribution in [-0.4, -0.2) is 43.6 Å². The smallest absolute Gasteiger partial charge is 0.279 e. The first-order valence-corrected chi connectivity index (χ1v) is 9.06. The highest BCUT2D eigenvalue weighted by Gasteiger charge is 2.25. The first-order chi connectivity index (χ1) is 11.2. The Bertz CT molecular complexity index is 641. The van der Waals surface area contributed by atoms with Crippen molar-refractivity contribution >= 4 is 34.5 Å². The number of nitrogens with zero attached hydrogens (tertiary/aromatic N) is 1. The Balaban J connectivity index is 1.43. The summed E-state index contributed by atoms with van der Waals surface area (Å²) in [6.45, 7) is 5.84. The molecule has 0 unspecified atom stereocenters. The topological polar surface area (TPSA) is 50.9 Å². The third-order valence-electron chi connectivity index (χ3n) is 4.11. The van der Waals surface area contributed by atoms with Crippen LogP contribution < -0.4 is 15.1 Å². The third kappa shape index (κ3) is 4.75. The standard InChI is InChI=1S/C16H19ClN4OS/c17-16-14(4-1-5-18-16)19-15(22)12-21-8-6-20(7-9-21)11-13-3-2-10-23-13/h1-5,10H,6-9,11-12H2,(H,19,22)/p+2. The van der Waals surface area contributed by atoms with E-state index in [9.17, 15) is 4.79 Å². The number of quaternary nitrogens is 2. The van der Waals surface area contributed by atoms with Gasteiger partial charge in [-0.25, -0.2) is 4.98 Å². The van der Waals surface area contributed by atoms with E-state index in [-0.39, 0.29) is 5.91 Å². The molecule has 3 heterocycles. The number of halogens is 1. The largest absolute Gasteiger partial charge is 0.321 e. The van der Waals surface area contributed by atoms with E-state index >= 15 is 0 Å². The molecule has 0 aromatic carbocycles. The van der Waals surface area contributed by atoms with Gasteiger partial charge < -0.3 is 15.1 Å². The predicted octanol–water partition coefficient (Wildman–Crippen LogP) is -0.281. The molecule has 0 bridgehead atoms. The lowest BCUT2D eigenvalue weighted by atomic mass is 10.3. The van der Waals surface area contributed by atoms with Gasteiger partial charge in [-0.1, -0.05) is 17.7 Å². The summed E-state index contributed by atoms with van der Waals surface area (Å²) in [5.41, 5.74) is 0.584. The van der Waals surface area contributed by atoms with E-state index in [2.05, 4.69) is 27.8 Å². The number of anilines is 1. The zero-order chi connectivity index (χ0) is 16.1. The van der Waals surface area contributed by atoms with Crippen molar-refractivity contribution < 1.29 is 14.6 Å². The van der Waals surface area contributed by atoms with Gasteiger partial charge in [0.1, 0.15) is 32.7 Å². The van der Waals surface area contributed by atoms with Gasteiger partial charge in [0.25, 0.3) is 5.91 Å². The van der Waals surface area contributed by atoms with E-state index in [1.807, 2.05) is 11.3 Å². The number of carbonyl (C=O) groups excluding carboxylic acids is 1. The molecule has 0 atom stereocenters. The first kappa shape index (κ1) is 16.4. The number of aromatic nitrogens is 1. The minimum absolute atomic E-state index is 0.00314. The van der Waals surface area contributed by atoms with Crippen molar-refractivity contribution in [1.82, 2.24) is 4.98 Å². The van der Waals surface area contributed by atoms with Crippen molar-refractivity contribution in [2.75, 3.05) is 38.0 Å². The molecule has 1 aliphatic heterocycles. The van der Waals surface area contributed by atoms with Crippen LogP contribution >= 0.6 is 22.9 Å². The first-order valence-electron chi connectivity index (χ1n) is 7.80. The maximum Gasteiger partial charge on any atom is 0.279 e. The van der Waals surface area contributed by atoms with Crippen LogP contribution in [0.3, 0.4) is 0 Å².